The first-order chi connectivity index (χ1) is 14.4. The smallest absolute Gasteiger partial charge is 0.265 e. The van der Waals surface area contributed by atoms with E-state index in [1.54, 1.807) is 0 Å². The molecule has 0 spiro atoms. The minimum Gasteiger partial charge on any atom is -0.372 e. The highest BCUT2D eigenvalue weighted by molar-refractivity contribution is 7.85. The highest BCUT2D eigenvalue weighted by Gasteiger charge is 2.07. The molecule has 0 fully saturated rings. The molecule has 6 heteroatoms. The van der Waals surface area contributed by atoms with Gasteiger partial charge in [-0.3, -0.25) is 4.55 Å². The van der Waals surface area contributed by atoms with E-state index in [2.05, 4.69) is 55.2 Å². The molecular weight excluding hydrogens is 396 g/mol. The molecule has 0 bridgehead atoms. The number of hydrogen-bond acceptors (Lipinski definition) is 3. The molecule has 0 amide bonds. The van der Waals surface area contributed by atoms with Gasteiger partial charge in [0.05, 0.1) is 5.75 Å². The van der Waals surface area contributed by atoms with Gasteiger partial charge < -0.3 is 4.90 Å². The van der Waals surface area contributed by atoms with Crippen molar-refractivity contribution in [1.82, 2.24) is 0 Å². The molecule has 2 rings (SSSR count). The normalized spacial score (nSPS) is 11.8. The van der Waals surface area contributed by atoms with Gasteiger partial charge in [-0.05, 0) is 36.1 Å². The molecule has 0 aliphatic heterocycles. The van der Waals surface area contributed by atoms with Crippen molar-refractivity contribution in [3.63, 3.8) is 0 Å². The van der Waals surface area contributed by atoms with E-state index in [-0.39, 0.29) is 5.75 Å². The van der Waals surface area contributed by atoms with Crippen LogP contribution in [0.2, 0.25) is 0 Å². The fourth-order valence-electron chi connectivity index (χ4n) is 3.22. The monoisotopic (exact) mass is 431 g/mol. The Morgan fingerprint density at radius 2 is 1.40 bits per heavy atom. The standard InChI is InChI=1S/C24H34N2O3S/c1-3-5-17-26(18-6-4-2)24-12-10-22(11-13-24)8-9-23-14-19-25(20-15-23)16-7-21-30(27,28)29/h8-15,19-20H,3-7,16-18,21H2,1-2H3/p+1. The van der Waals surface area contributed by atoms with Gasteiger partial charge in [0.2, 0.25) is 0 Å². The summed E-state index contributed by atoms with van der Waals surface area (Å²) in [6, 6.07) is 12.7. The fraction of sp³-hybridized carbons (Fsp3) is 0.458. The average Bonchev–Trinajstić information content (AvgIpc) is 2.73. The van der Waals surface area contributed by atoms with E-state index in [4.69, 9.17) is 4.55 Å². The van der Waals surface area contributed by atoms with Gasteiger partial charge >= 0.3 is 0 Å². The number of pyridine rings is 1. The number of aryl methyl sites for hydroxylation is 1. The van der Waals surface area contributed by atoms with Crippen LogP contribution in [0.1, 0.15) is 57.1 Å². The summed E-state index contributed by atoms with van der Waals surface area (Å²) >= 11 is 0. The topological polar surface area (TPSA) is 61.5 Å². The maximum atomic E-state index is 10.8. The number of unbranched alkanes of at least 4 members (excludes halogenated alkanes) is 2. The molecule has 2 aromatic rings. The molecule has 5 nitrogen and oxygen atoms in total. The molecule has 0 aliphatic carbocycles. The predicted octanol–water partition coefficient (Wildman–Crippen LogP) is 4.83. The fourth-order valence-corrected chi connectivity index (χ4v) is 3.71. The van der Waals surface area contributed by atoms with Gasteiger partial charge in [0, 0.05) is 37.3 Å². The number of nitrogens with zero attached hydrogens (tertiary/aromatic N) is 2. The molecule has 30 heavy (non-hydrogen) atoms. The highest BCUT2D eigenvalue weighted by Crippen LogP contribution is 2.18. The van der Waals surface area contributed by atoms with Crippen LogP contribution in [0.5, 0.6) is 0 Å². The third kappa shape index (κ3) is 9.09. The van der Waals surface area contributed by atoms with Crippen LogP contribution in [-0.4, -0.2) is 31.8 Å². The quantitative estimate of drug-likeness (QED) is 0.364. The Morgan fingerprint density at radius 3 is 1.90 bits per heavy atom. The van der Waals surface area contributed by atoms with Gasteiger partial charge in [-0.15, -0.1) is 0 Å². The summed E-state index contributed by atoms with van der Waals surface area (Å²) < 4.78 is 32.3. The van der Waals surface area contributed by atoms with Crippen LogP contribution in [0.25, 0.3) is 12.2 Å². The second-order valence-corrected chi connectivity index (χ2v) is 9.20. The van der Waals surface area contributed by atoms with E-state index in [1.807, 2.05) is 29.1 Å². The zero-order valence-electron chi connectivity index (χ0n) is 18.2. The molecule has 1 heterocycles. The Morgan fingerprint density at radius 1 is 0.867 bits per heavy atom. The summed E-state index contributed by atoms with van der Waals surface area (Å²) in [6.45, 7) is 7.24. The Hall–Kier alpha value is -2.18. The second kappa shape index (κ2) is 12.5. The minimum absolute atomic E-state index is 0.216. The molecule has 0 aliphatic rings. The molecule has 0 saturated carbocycles. The second-order valence-electron chi connectivity index (χ2n) is 7.63. The van der Waals surface area contributed by atoms with Gasteiger partial charge in [-0.1, -0.05) is 51.0 Å². The van der Waals surface area contributed by atoms with Crippen LogP contribution in [0, 0.1) is 0 Å². The van der Waals surface area contributed by atoms with Crippen LogP contribution in [-0.2, 0) is 16.7 Å². The minimum atomic E-state index is -3.89. The summed E-state index contributed by atoms with van der Waals surface area (Å²) in [5.74, 6) is -0.216. The van der Waals surface area contributed by atoms with Gasteiger partial charge in [0.1, 0.15) is 6.54 Å². The van der Waals surface area contributed by atoms with Crippen molar-refractivity contribution >= 4 is 28.0 Å². The van der Waals surface area contributed by atoms with Crippen LogP contribution in [0.3, 0.4) is 0 Å². The summed E-state index contributed by atoms with van der Waals surface area (Å²) in [5.41, 5.74) is 3.53. The lowest BCUT2D eigenvalue weighted by molar-refractivity contribution is -0.696. The van der Waals surface area contributed by atoms with Gasteiger partial charge in [-0.2, -0.15) is 8.42 Å². The van der Waals surface area contributed by atoms with Crippen molar-refractivity contribution in [1.29, 1.82) is 0 Å². The number of rotatable bonds is 13. The van der Waals surface area contributed by atoms with Crippen molar-refractivity contribution in [2.45, 2.75) is 52.5 Å². The van der Waals surface area contributed by atoms with Crippen molar-refractivity contribution in [3.05, 3.63) is 59.9 Å². The molecule has 0 atom stereocenters. The van der Waals surface area contributed by atoms with Gasteiger partial charge in [0.25, 0.3) is 10.1 Å². The molecule has 0 saturated heterocycles. The number of benzene rings is 1. The van der Waals surface area contributed by atoms with E-state index >= 15 is 0 Å². The Balaban J connectivity index is 1.93. The van der Waals surface area contributed by atoms with Crippen molar-refractivity contribution in [3.8, 4) is 0 Å². The number of aromatic nitrogens is 1. The van der Waals surface area contributed by atoms with E-state index < -0.39 is 10.1 Å². The summed E-state index contributed by atoms with van der Waals surface area (Å²) in [5, 5.41) is 0. The number of anilines is 1. The molecule has 0 unspecified atom stereocenters. The van der Waals surface area contributed by atoms with Gasteiger partial charge in [0.15, 0.2) is 12.4 Å². The predicted molar refractivity (Wildman–Crippen MR) is 125 cm³/mol. The largest absolute Gasteiger partial charge is 0.372 e. The van der Waals surface area contributed by atoms with Crippen molar-refractivity contribution < 1.29 is 17.5 Å². The van der Waals surface area contributed by atoms with E-state index in [1.165, 1.54) is 31.4 Å². The molecule has 1 aromatic carbocycles. The van der Waals surface area contributed by atoms with Crippen molar-refractivity contribution in [2.75, 3.05) is 23.7 Å². The Bertz CT molecular complexity index is 868. The van der Waals surface area contributed by atoms with Crippen LogP contribution < -0.4 is 9.47 Å². The molecule has 1 N–H and O–H groups in total. The van der Waals surface area contributed by atoms with Crippen LogP contribution in [0.4, 0.5) is 5.69 Å². The SMILES string of the molecule is CCCCN(CCCC)c1ccc(/C=C/c2cc[n+](CCCS(=O)(=O)O)cc2)cc1. The summed E-state index contributed by atoms with van der Waals surface area (Å²) in [7, 11) is -3.89. The first-order valence-electron chi connectivity index (χ1n) is 10.9. The van der Waals surface area contributed by atoms with Crippen LogP contribution in [0.15, 0.2) is 48.8 Å². The summed E-state index contributed by atoms with van der Waals surface area (Å²) in [6.07, 6.45) is 13.3. The zero-order chi connectivity index (χ0) is 21.8. The molecule has 1 aromatic heterocycles. The van der Waals surface area contributed by atoms with E-state index in [0.717, 1.165) is 24.2 Å². The van der Waals surface area contributed by atoms with E-state index in [0.29, 0.717) is 13.0 Å². The van der Waals surface area contributed by atoms with E-state index in [9.17, 15) is 8.42 Å². The average molecular weight is 432 g/mol. The first-order valence-corrected chi connectivity index (χ1v) is 12.5. The third-order valence-electron chi connectivity index (χ3n) is 5.03. The highest BCUT2D eigenvalue weighted by atomic mass is 32.2. The number of hydrogen-bond donors (Lipinski definition) is 1. The third-order valence-corrected chi connectivity index (χ3v) is 5.83. The lowest BCUT2D eigenvalue weighted by Gasteiger charge is -2.24. The van der Waals surface area contributed by atoms with Gasteiger partial charge in [-0.25, -0.2) is 4.57 Å². The summed E-state index contributed by atoms with van der Waals surface area (Å²) in [4.78, 5) is 2.48. The van der Waals surface area contributed by atoms with Crippen molar-refractivity contribution in [2.24, 2.45) is 0 Å². The Kier molecular flexibility index (Phi) is 10.0. The lowest BCUT2D eigenvalue weighted by Crippen LogP contribution is -2.33. The molecule has 164 valence electrons. The maximum Gasteiger partial charge on any atom is 0.265 e. The molecular formula is C24H35N2O3S+. The maximum absolute atomic E-state index is 10.8. The van der Waals surface area contributed by atoms with Crippen LogP contribution >= 0.6 is 0 Å². The first kappa shape index (κ1) is 24.1. The lowest BCUT2D eigenvalue weighted by atomic mass is 10.1. The molecule has 0 radical (unpaired) electrons. The zero-order valence-corrected chi connectivity index (χ0v) is 19.0. The Labute approximate surface area is 181 Å².